The maximum atomic E-state index is 12.3. The Hall–Kier alpha value is -2.28. The number of allylic oxidation sites excluding steroid dienone is 2. The smallest absolute Gasteiger partial charge is 0.310 e. The van der Waals surface area contributed by atoms with E-state index in [4.69, 9.17) is 4.74 Å². The molecular formula is C18H21N3O3S. The summed E-state index contributed by atoms with van der Waals surface area (Å²) in [7, 11) is 0. The molecular weight excluding hydrogens is 338 g/mol. The van der Waals surface area contributed by atoms with Crippen molar-refractivity contribution >= 4 is 40.3 Å². The second-order valence-electron chi connectivity index (χ2n) is 7.16. The van der Waals surface area contributed by atoms with E-state index in [2.05, 4.69) is 20.1 Å². The lowest BCUT2D eigenvalue weighted by Gasteiger charge is -2.07. The fourth-order valence-corrected chi connectivity index (χ4v) is 3.67. The quantitative estimate of drug-likeness (QED) is 0.653. The molecule has 2 atom stereocenters. The maximum Gasteiger partial charge on any atom is 0.310 e. The van der Waals surface area contributed by atoms with Crippen molar-refractivity contribution in [2.24, 2.45) is 17.3 Å². The zero-order valence-corrected chi connectivity index (χ0v) is 15.5. The van der Waals surface area contributed by atoms with Crippen LogP contribution in [0.15, 0.2) is 29.8 Å². The number of hydrogen-bond acceptors (Lipinski definition) is 6. The van der Waals surface area contributed by atoms with Crippen LogP contribution >= 0.6 is 11.7 Å². The van der Waals surface area contributed by atoms with E-state index in [0.29, 0.717) is 11.2 Å². The Labute approximate surface area is 150 Å². The minimum absolute atomic E-state index is 0.122. The standard InChI is InChI=1S/C18H21N3O3S/c1-10(2)8-11-15(18(11,3)4)17(23)24-9-14(22)19-12-6-5-7-13-16(12)21-25-20-13/h5-8,11,15H,9H2,1-4H3,(H,19,22)/t11-,15-/m1/s1. The molecule has 1 aromatic heterocycles. The van der Waals surface area contributed by atoms with E-state index in [-0.39, 0.29) is 35.7 Å². The van der Waals surface area contributed by atoms with Crippen LogP contribution in [0.4, 0.5) is 5.69 Å². The van der Waals surface area contributed by atoms with Gasteiger partial charge in [-0.05, 0) is 37.3 Å². The number of carbonyl (C=O) groups is 2. The minimum atomic E-state index is -0.383. The number of rotatable bonds is 5. The average molecular weight is 359 g/mol. The van der Waals surface area contributed by atoms with Crippen molar-refractivity contribution in [1.82, 2.24) is 8.75 Å². The summed E-state index contributed by atoms with van der Waals surface area (Å²) in [4.78, 5) is 24.4. The van der Waals surface area contributed by atoms with Gasteiger partial charge < -0.3 is 10.1 Å². The Balaban J connectivity index is 1.57. The van der Waals surface area contributed by atoms with Crippen molar-refractivity contribution in [3.63, 3.8) is 0 Å². The first-order valence-electron chi connectivity index (χ1n) is 8.13. The molecule has 0 unspecified atom stereocenters. The summed E-state index contributed by atoms with van der Waals surface area (Å²) in [6.07, 6.45) is 2.10. The van der Waals surface area contributed by atoms with E-state index >= 15 is 0 Å². The summed E-state index contributed by atoms with van der Waals surface area (Å²) in [5.74, 6) is -0.730. The topological polar surface area (TPSA) is 81.2 Å². The molecule has 1 aliphatic carbocycles. The highest BCUT2D eigenvalue weighted by atomic mass is 32.1. The zero-order valence-electron chi connectivity index (χ0n) is 14.7. The van der Waals surface area contributed by atoms with E-state index in [0.717, 1.165) is 17.2 Å². The Bertz CT molecular complexity index is 852. The Morgan fingerprint density at radius 2 is 2.08 bits per heavy atom. The van der Waals surface area contributed by atoms with Gasteiger partial charge in [-0.15, -0.1) is 0 Å². The predicted octanol–water partition coefficient (Wildman–Crippen LogP) is 3.41. The molecule has 1 amide bonds. The Morgan fingerprint density at radius 3 is 2.80 bits per heavy atom. The predicted molar refractivity (Wildman–Crippen MR) is 97.2 cm³/mol. The van der Waals surface area contributed by atoms with Gasteiger partial charge in [0.25, 0.3) is 5.91 Å². The maximum absolute atomic E-state index is 12.3. The van der Waals surface area contributed by atoms with Gasteiger partial charge in [-0.2, -0.15) is 8.75 Å². The molecule has 1 N–H and O–H groups in total. The average Bonchev–Trinajstić information content (AvgIpc) is 2.89. The van der Waals surface area contributed by atoms with Crippen LogP contribution < -0.4 is 5.32 Å². The van der Waals surface area contributed by atoms with Crippen molar-refractivity contribution < 1.29 is 14.3 Å². The van der Waals surface area contributed by atoms with Crippen LogP contribution in [0, 0.1) is 17.3 Å². The molecule has 1 aliphatic rings. The SMILES string of the molecule is CC(C)=C[C@@H]1[C@H](C(=O)OCC(=O)Nc2cccc3nsnc23)C1(C)C. The van der Waals surface area contributed by atoms with E-state index in [1.807, 2.05) is 33.8 Å². The highest BCUT2D eigenvalue weighted by Crippen LogP contribution is 2.59. The molecule has 1 fully saturated rings. The monoisotopic (exact) mass is 359 g/mol. The number of nitrogens with zero attached hydrogens (tertiary/aromatic N) is 2. The molecule has 0 radical (unpaired) electrons. The van der Waals surface area contributed by atoms with Crippen molar-refractivity contribution in [3.05, 3.63) is 29.8 Å². The molecule has 6 nitrogen and oxygen atoms in total. The lowest BCUT2D eigenvalue weighted by atomic mass is 10.1. The molecule has 132 valence electrons. The minimum Gasteiger partial charge on any atom is -0.455 e. The third-order valence-corrected chi connectivity index (χ3v) is 5.13. The van der Waals surface area contributed by atoms with Gasteiger partial charge in [0.2, 0.25) is 0 Å². The number of anilines is 1. The van der Waals surface area contributed by atoms with Crippen molar-refractivity contribution in [3.8, 4) is 0 Å². The van der Waals surface area contributed by atoms with Crippen LogP contribution in [0.25, 0.3) is 11.0 Å². The molecule has 0 saturated heterocycles. The number of benzene rings is 1. The van der Waals surface area contributed by atoms with E-state index in [1.165, 1.54) is 5.57 Å². The van der Waals surface area contributed by atoms with Crippen LogP contribution in [-0.4, -0.2) is 27.2 Å². The van der Waals surface area contributed by atoms with Gasteiger partial charge in [0.15, 0.2) is 6.61 Å². The molecule has 0 spiro atoms. The van der Waals surface area contributed by atoms with Crippen LogP contribution in [0.3, 0.4) is 0 Å². The second kappa shape index (κ2) is 6.55. The molecule has 1 aromatic carbocycles. The van der Waals surface area contributed by atoms with Crippen LogP contribution in [0.1, 0.15) is 27.7 Å². The second-order valence-corrected chi connectivity index (χ2v) is 7.69. The van der Waals surface area contributed by atoms with Gasteiger partial charge in [-0.25, -0.2) is 0 Å². The number of amides is 1. The highest BCUT2D eigenvalue weighted by Gasteiger charge is 2.61. The number of fused-ring (bicyclic) bond motifs is 1. The third kappa shape index (κ3) is 3.56. The largest absolute Gasteiger partial charge is 0.455 e. The van der Waals surface area contributed by atoms with Crippen molar-refractivity contribution in [2.45, 2.75) is 27.7 Å². The van der Waals surface area contributed by atoms with E-state index in [9.17, 15) is 9.59 Å². The first-order valence-corrected chi connectivity index (χ1v) is 8.86. The van der Waals surface area contributed by atoms with Gasteiger partial charge in [0.1, 0.15) is 11.0 Å². The first kappa shape index (κ1) is 17.5. The number of carbonyl (C=O) groups excluding carboxylic acids is 2. The number of hydrogen-bond donors (Lipinski definition) is 1. The lowest BCUT2D eigenvalue weighted by Crippen LogP contribution is -2.22. The van der Waals surface area contributed by atoms with Gasteiger partial charge in [0, 0.05) is 0 Å². The number of aromatic nitrogens is 2. The lowest BCUT2D eigenvalue weighted by molar-refractivity contribution is -0.149. The molecule has 0 bridgehead atoms. The van der Waals surface area contributed by atoms with Gasteiger partial charge in [-0.3, -0.25) is 9.59 Å². The van der Waals surface area contributed by atoms with Gasteiger partial charge in [0.05, 0.1) is 23.3 Å². The van der Waals surface area contributed by atoms with Crippen LogP contribution in [0.5, 0.6) is 0 Å². The first-order chi connectivity index (χ1) is 11.8. The molecule has 3 rings (SSSR count). The summed E-state index contributed by atoms with van der Waals surface area (Å²) in [5, 5.41) is 2.73. The molecule has 25 heavy (non-hydrogen) atoms. The summed E-state index contributed by atoms with van der Waals surface area (Å²) in [6.45, 7) is 7.80. The highest BCUT2D eigenvalue weighted by molar-refractivity contribution is 7.00. The van der Waals surface area contributed by atoms with Gasteiger partial charge >= 0.3 is 5.97 Å². The zero-order chi connectivity index (χ0) is 18.2. The summed E-state index contributed by atoms with van der Waals surface area (Å²) < 4.78 is 13.5. The number of ether oxygens (including phenoxy) is 1. The van der Waals surface area contributed by atoms with Crippen molar-refractivity contribution in [2.75, 3.05) is 11.9 Å². The van der Waals surface area contributed by atoms with E-state index in [1.54, 1.807) is 12.1 Å². The van der Waals surface area contributed by atoms with Crippen molar-refractivity contribution in [1.29, 1.82) is 0 Å². The van der Waals surface area contributed by atoms with Gasteiger partial charge in [-0.1, -0.05) is 31.6 Å². The van der Waals surface area contributed by atoms with Crippen LogP contribution in [-0.2, 0) is 14.3 Å². The summed E-state index contributed by atoms with van der Waals surface area (Å²) >= 11 is 1.09. The summed E-state index contributed by atoms with van der Waals surface area (Å²) in [6, 6.07) is 5.37. The Kier molecular flexibility index (Phi) is 4.60. The number of esters is 1. The molecule has 1 saturated carbocycles. The molecule has 0 aliphatic heterocycles. The fourth-order valence-electron chi connectivity index (χ4n) is 3.12. The van der Waals surface area contributed by atoms with E-state index < -0.39 is 0 Å². The fraction of sp³-hybridized carbons (Fsp3) is 0.444. The molecule has 2 aromatic rings. The van der Waals surface area contributed by atoms with Crippen LogP contribution in [0.2, 0.25) is 0 Å². The molecule has 7 heteroatoms. The normalized spacial score (nSPS) is 20.8. The number of nitrogens with one attached hydrogen (secondary N) is 1. The summed E-state index contributed by atoms with van der Waals surface area (Å²) in [5.41, 5.74) is 2.99. The third-order valence-electron chi connectivity index (χ3n) is 4.58. The Morgan fingerprint density at radius 1 is 1.32 bits per heavy atom. The molecule has 1 heterocycles.